The van der Waals surface area contributed by atoms with Crippen LogP contribution >= 0.6 is 0 Å². The molecule has 0 bridgehead atoms. The Bertz CT molecular complexity index is 1210. The first-order valence-corrected chi connectivity index (χ1v) is 12.1. The zero-order valence-electron chi connectivity index (χ0n) is 18.5. The molecule has 2 heterocycles. The number of hydrogen-bond acceptors (Lipinski definition) is 5. The summed E-state index contributed by atoms with van der Waals surface area (Å²) in [6.07, 6.45) is 4.38. The Hall–Kier alpha value is -2.97. The zero-order valence-corrected chi connectivity index (χ0v) is 19.3. The van der Waals surface area contributed by atoms with E-state index in [2.05, 4.69) is 4.98 Å². The van der Waals surface area contributed by atoms with Crippen molar-refractivity contribution in [2.24, 2.45) is 0 Å². The fourth-order valence-electron chi connectivity index (χ4n) is 3.94. The van der Waals surface area contributed by atoms with Crippen LogP contribution in [-0.2, 0) is 10.0 Å². The number of aromatic nitrogens is 2. The second-order valence-corrected chi connectivity index (χ2v) is 9.83. The molecule has 0 aliphatic heterocycles. The lowest BCUT2D eigenvalue weighted by atomic mass is 10.1. The Kier molecular flexibility index (Phi) is 6.17. The highest BCUT2D eigenvalue weighted by molar-refractivity contribution is 7.89. The van der Waals surface area contributed by atoms with Gasteiger partial charge in [0.2, 0.25) is 10.0 Å². The molecule has 0 radical (unpaired) electrons. The van der Waals surface area contributed by atoms with E-state index in [1.165, 1.54) is 22.8 Å². The number of pyridine rings is 1. The highest BCUT2D eigenvalue weighted by Crippen LogP contribution is 2.32. The number of ketones is 1. The van der Waals surface area contributed by atoms with E-state index in [-0.39, 0.29) is 23.3 Å². The molecule has 7 nitrogen and oxygen atoms in total. The summed E-state index contributed by atoms with van der Waals surface area (Å²) < 4.78 is 35.2. The fourth-order valence-corrected chi connectivity index (χ4v) is 5.54. The second-order valence-electron chi connectivity index (χ2n) is 7.94. The lowest BCUT2D eigenvalue weighted by molar-refractivity contribution is 0.0963. The maximum atomic E-state index is 13.3. The average Bonchev–Trinajstić information content (AvgIpc) is 3.58. The van der Waals surface area contributed by atoms with Gasteiger partial charge in [-0.25, -0.2) is 8.42 Å². The van der Waals surface area contributed by atoms with Crippen molar-refractivity contribution >= 4 is 15.8 Å². The van der Waals surface area contributed by atoms with E-state index >= 15 is 0 Å². The molecule has 0 amide bonds. The summed E-state index contributed by atoms with van der Waals surface area (Å²) in [4.78, 5) is 17.3. The van der Waals surface area contributed by atoms with E-state index in [9.17, 15) is 13.2 Å². The molecule has 1 saturated carbocycles. The van der Waals surface area contributed by atoms with Crippen molar-refractivity contribution in [1.82, 2.24) is 13.9 Å². The van der Waals surface area contributed by atoms with E-state index in [4.69, 9.17) is 4.74 Å². The normalized spacial score (nSPS) is 14.0. The van der Waals surface area contributed by atoms with Gasteiger partial charge in [0.15, 0.2) is 5.78 Å². The zero-order chi connectivity index (χ0) is 22.9. The minimum atomic E-state index is -3.79. The molecule has 1 fully saturated rings. The molecular weight excluding hydrogens is 426 g/mol. The number of aryl methyl sites for hydroxylation is 1. The molecule has 0 saturated heterocycles. The predicted molar refractivity (Wildman–Crippen MR) is 122 cm³/mol. The number of carbonyl (C=O) groups excluding carboxylic acids is 1. The molecule has 4 rings (SSSR count). The minimum absolute atomic E-state index is 0.111. The monoisotopic (exact) mass is 453 g/mol. The number of benzene rings is 1. The van der Waals surface area contributed by atoms with Gasteiger partial charge >= 0.3 is 0 Å². The summed E-state index contributed by atoms with van der Waals surface area (Å²) >= 11 is 0. The van der Waals surface area contributed by atoms with Crippen LogP contribution in [-0.4, -0.2) is 47.3 Å². The molecule has 8 heteroatoms. The fraction of sp³-hybridized carbons (Fsp3) is 0.333. The number of hydrogen-bond donors (Lipinski definition) is 0. The van der Waals surface area contributed by atoms with Gasteiger partial charge in [-0.1, -0.05) is 0 Å². The van der Waals surface area contributed by atoms with Crippen molar-refractivity contribution in [3.63, 3.8) is 0 Å². The third kappa shape index (κ3) is 4.33. The van der Waals surface area contributed by atoms with Gasteiger partial charge in [-0.2, -0.15) is 4.31 Å². The molecule has 2 aromatic heterocycles. The quantitative estimate of drug-likeness (QED) is 0.459. The summed E-state index contributed by atoms with van der Waals surface area (Å²) in [5.41, 5.74) is 3.14. The van der Waals surface area contributed by atoms with E-state index in [0.717, 1.165) is 35.7 Å². The second kappa shape index (κ2) is 8.88. The van der Waals surface area contributed by atoms with Crippen molar-refractivity contribution in [1.29, 1.82) is 0 Å². The molecule has 3 aromatic rings. The first kappa shape index (κ1) is 22.2. The highest BCUT2D eigenvalue weighted by Gasteiger charge is 2.39. The van der Waals surface area contributed by atoms with Crippen molar-refractivity contribution in [3.05, 3.63) is 71.8 Å². The molecule has 0 unspecified atom stereocenters. The van der Waals surface area contributed by atoms with Gasteiger partial charge in [0.1, 0.15) is 10.6 Å². The number of rotatable bonds is 9. The molecule has 1 aromatic carbocycles. The van der Waals surface area contributed by atoms with Crippen molar-refractivity contribution in [2.45, 2.75) is 44.6 Å². The topological polar surface area (TPSA) is 81.5 Å². The van der Waals surface area contributed by atoms with Crippen molar-refractivity contribution in [2.75, 3.05) is 13.2 Å². The third-order valence-electron chi connectivity index (χ3n) is 5.63. The van der Waals surface area contributed by atoms with Gasteiger partial charge < -0.3 is 9.30 Å². The van der Waals surface area contributed by atoms with Crippen LogP contribution in [0, 0.1) is 13.8 Å². The molecule has 32 heavy (non-hydrogen) atoms. The molecule has 0 N–H and O–H groups in total. The van der Waals surface area contributed by atoms with Crippen LogP contribution in [0.25, 0.3) is 5.69 Å². The molecule has 0 spiro atoms. The smallest absolute Gasteiger partial charge is 0.245 e. The number of sulfonamides is 1. The van der Waals surface area contributed by atoms with E-state index in [1.807, 2.05) is 55.7 Å². The maximum Gasteiger partial charge on any atom is 0.245 e. The first-order chi connectivity index (χ1) is 15.3. The predicted octanol–water partition coefficient (Wildman–Crippen LogP) is 3.92. The van der Waals surface area contributed by atoms with Crippen LogP contribution in [0.1, 0.15) is 41.5 Å². The largest absolute Gasteiger partial charge is 0.494 e. The van der Waals surface area contributed by atoms with E-state index in [1.54, 1.807) is 6.07 Å². The summed E-state index contributed by atoms with van der Waals surface area (Å²) in [5.74, 6) is 0.574. The van der Waals surface area contributed by atoms with Crippen molar-refractivity contribution < 1.29 is 17.9 Å². The SMILES string of the molecule is CCOc1ccc(-n2c(C)cc(C(=O)CN(C3CC3)S(=O)(=O)c3cccnc3)c2C)cc1. The van der Waals surface area contributed by atoms with Gasteiger partial charge in [0, 0.05) is 41.1 Å². The molecular formula is C24H27N3O4S. The number of ether oxygens (including phenoxy) is 1. The lowest BCUT2D eigenvalue weighted by Crippen LogP contribution is -2.37. The Balaban J connectivity index is 1.61. The summed E-state index contributed by atoms with van der Waals surface area (Å²) in [6.45, 7) is 6.17. The molecule has 0 atom stereocenters. The Morgan fingerprint density at radius 2 is 1.91 bits per heavy atom. The van der Waals surface area contributed by atoms with Crippen LogP contribution in [0.4, 0.5) is 0 Å². The van der Waals surface area contributed by atoms with Crippen molar-refractivity contribution in [3.8, 4) is 11.4 Å². The standard InChI is InChI=1S/C24H27N3O4S/c1-4-31-21-11-9-20(10-12-21)27-17(2)14-23(18(27)3)24(28)16-26(19-7-8-19)32(29,30)22-6-5-13-25-15-22/h5-6,9-15,19H,4,7-8,16H2,1-3H3. The summed E-state index contributed by atoms with van der Waals surface area (Å²) in [6, 6.07) is 12.5. The minimum Gasteiger partial charge on any atom is -0.494 e. The Labute approximate surface area is 188 Å². The van der Waals surface area contributed by atoms with Gasteiger partial charge in [-0.05, 0) is 76.1 Å². The molecule has 1 aliphatic carbocycles. The van der Waals surface area contributed by atoms with E-state index in [0.29, 0.717) is 12.2 Å². The first-order valence-electron chi connectivity index (χ1n) is 10.7. The third-order valence-corrected chi connectivity index (χ3v) is 7.51. The Morgan fingerprint density at radius 3 is 2.50 bits per heavy atom. The number of nitrogens with zero attached hydrogens (tertiary/aromatic N) is 3. The van der Waals surface area contributed by atoms with Gasteiger partial charge in [0.25, 0.3) is 0 Å². The lowest BCUT2D eigenvalue weighted by Gasteiger charge is -2.21. The van der Waals surface area contributed by atoms with Crippen LogP contribution in [0.15, 0.2) is 59.8 Å². The average molecular weight is 454 g/mol. The summed E-state index contributed by atoms with van der Waals surface area (Å²) in [5, 5.41) is 0. The number of Topliss-reactive ketones (excluding diaryl/α,β-unsaturated/α-hetero) is 1. The van der Waals surface area contributed by atoms with Crippen LogP contribution in [0.2, 0.25) is 0 Å². The number of carbonyl (C=O) groups is 1. The van der Waals surface area contributed by atoms with E-state index < -0.39 is 10.0 Å². The summed E-state index contributed by atoms with van der Waals surface area (Å²) in [7, 11) is -3.79. The van der Waals surface area contributed by atoms with Gasteiger partial charge in [0.05, 0.1) is 13.2 Å². The van der Waals surface area contributed by atoms with Crippen LogP contribution < -0.4 is 4.74 Å². The van der Waals surface area contributed by atoms with Crippen LogP contribution in [0.5, 0.6) is 5.75 Å². The van der Waals surface area contributed by atoms with Crippen LogP contribution in [0.3, 0.4) is 0 Å². The highest BCUT2D eigenvalue weighted by atomic mass is 32.2. The maximum absolute atomic E-state index is 13.3. The van der Waals surface area contributed by atoms with Gasteiger partial charge in [-0.3, -0.25) is 9.78 Å². The molecule has 1 aliphatic rings. The molecule has 168 valence electrons. The Morgan fingerprint density at radius 1 is 1.19 bits per heavy atom. The van der Waals surface area contributed by atoms with Gasteiger partial charge in [-0.15, -0.1) is 0 Å².